The minimum atomic E-state index is -0.661. The lowest BCUT2D eigenvalue weighted by Crippen LogP contribution is -2.30. The molecule has 0 aliphatic heterocycles. The highest BCUT2D eigenvalue weighted by Gasteiger charge is 2.05. The monoisotopic (exact) mass is 255 g/mol. The van der Waals surface area contributed by atoms with Gasteiger partial charge < -0.3 is 0 Å². The Morgan fingerprint density at radius 1 is 1.26 bits per heavy atom. The van der Waals surface area contributed by atoms with Crippen molar-refractivity contribution in [3.63, 3.8) is 0 Å². The highest BCUT2D eigenvalue weighted by Crippen LogP contribution is 2.09. The lowest BCUT2D eigenvalue weighted by molar-refractivity contribution is 0.883. The third kappa shape index (κ3) is 2.63. The second kappa shape index (κ2) is 5.36. The first-order valence-electron chi connectivity index (χ1n) is 6.01. The number of aromatic nitrogens is 2. The van der Waals surface area contributed by atoms with Crippen molar-refractivity contribution in [2.24, 2.45) is 0 Å². The van der Waals surface area contributed by atoms with Crippen molar-refractivity contribution < 1.29 is 0 Å². The van der Waals surface area contributed by atoms with E-state index in [9.17, 15) is 9.59 Å². The van der Waals surface area contributed by atoms with Gasteiger partial charge in [-0.2, -0.15) is 5.26 Å². The smallest absolute Gasteiger partial charge is 0.273 e. The largest absolute Gasteiger partial charge is 0.332 e. The van der Waals surface area contributed by atoms with Crippen LogP contribution in [0.5, 0.6) is 0 Å². The minimum Gasteiger partial charge on any atom is -0.273 e. The zero-order valence-corrected chi connectivity index (χ0v) is 10.5. The number of nitrogens with zero attached hydrogens (tertiary/aromatic N) is 2. The van der Waals surface area contributed by atoms with Crippen LogP contribution in [0.25, 0.3) is 5.69 Å². The molecule has 0 unspecified atom stereocenters. The van der Waals surface area contributed by atoms with E-state index in [4.69, 9.17) is 5.26 Å². The molecule has 96 valence electrons. The average Bonchev–Trinajstić information content (AvgIpc) is 2.41. The molecule has 0 saturated carbocycles. The second-order valence-corrected chi connectivity index (χ2v) is 4.20. The van der Waals surface area contributed by atoms with E-state index in [0.717, 1.165) is 12.8 Å². The highest BCUT2D eigenvalue weighted by atomic mass is 16.2. The van der Waals surface area contributed by atoms with Crippen molar-refractivity contribution in [1.29, 1.82) is 5.26 Å². The molecule has 1 aromatic heterocycles. The lowest BCUT2D eigenvalue weighted by atomic mass is 10.1. The van der Waals surface area contributed by atoms with Gasteiger partial charge in [0.15, 0.2) is 0 Å². The molecule has 1 heterocycles. The van der Waals surface area contributed by atoms with E-state index < -0.39 is 11.2 Å². The van der Waals surface area contributed by atoms with Gasteiger partial charge in [0, 0.05) is 6.20 Å². The van der Waals surface area contributed by atoms with Gasteiger partial charge in [-0.1, -0.05) is 25.5 Å². The molecule has 2 aromatic rings. The molecule has 5 nitrogen and oxygen atoms in total. The van der Waals surface area contributed by atoms with Gasteiger partial charge in [0.25, 0.3) is 5.56 Å². The van der Waals surface area contributed by atoms with Crippen LogP contribution in [-0.4, -0.2) is 9.55 Å². The summed E-state index contributed by atoms with van der Waals surface area (Å²) in [5.74, 6) is 0. The van der Waals surface area contributed by atoms with Crippen LogP contribution < -0.4 is 11.2 Å². The molecule has 2 rings (SSSR count). The number of rotatable bonds is 3. The summed E-state index contributed by atoms with van der Waals surface area (Å²) in [5.41, 5.74) is 0.512. The Hall–Kier alpha value is -2.61. The highest BCUT2D eigenvalue weighted by molar-refractivity contribution is 5.36. The second-order valence-electron chi connectivity index (χ2n) is 4.20. The van der Waals surface area contributed by atoms with Crippen LogP contribution in [-0.2, 0) is 6.42 Å². The van der Waals surface area contributed by atoms with E-state index in [2.05, 4.69) is 11.9 Å². The molecule has 0 spiro atoms. The minimum absolute atomic E-state index is 0.0859. The van der Waals surface area contributed by atoms with E-state index >= 15 is 0 Å². The Labute approximate surface area is 109 Å². The molecule has 0 bridgehead atoms. The maximum absolute atomic E-state index is 11.7. The number of hydrogen-bond acceptors (Lipinski definition) is 3. The molecule has 0 saturated heterocycles. The predicted molar refractivity (Wildman–Crippen MR) is 71.4 cm³/mol. The summed E-state index contributed by atoms with van der Waals surface area (Å²) in [6.07, 6.45) is 3.29. The van der Waals surface area contributed by atoms with Crippen LogP contribution in [0.2, 0.25) is 0 Å². The van der Waals surface area contributed by atoms with Gasteiger partial charge in [-0.05, 0) is 24.1 Å². The molecule has 1 aromatic carbocycles. The summed E-state index contributed by atoms with van der Waals surface area (Å²) >= 11 is 0. The summed E-state index contributed by atoms with van der Waals surface area (Å²) < 4.78 is 1.26. The zero-order chi connectivity index (χ0) is 13.8. The zero-order valence-electron chi connectivity index (χ0n) is 10.5. The number of H-pyrrole nitrogens is 1. The first-order valence-corrected chi connectivity index (χ1v) is 6.01. The van der Waals surface area contributed by atoms with Gasteiger partial charge >= 0.3 is 5.69 Å². The van der Waals surface area contributed by atoms with Gasteiger partial charge in [-0.25, -0.2) is 4.79 Å². The van der Waals surface area contributed by atoms with Crippen LogP contribution >= 0.6 is 0 Å². The fourth-order valence-electron chi connectivity index (χ4n) is 1.85. The van der Waals surface area contributed by atoms with Gasteiger partial charge in [-0.3, -0.25) is 14.3 Å². The number of aryl methyl sites for hydroxylation is 1. The maximum atomic E-state index is 11.7. The lowest BCUT2D eigenvalue weighted by Gasteiger charge is -2.06. The predicted octanol–water partition coefficient (Wildman–Crippen LogP) is 1.35. The van der Waals surface area contributed by atoms with Crippen LogP contribution in [0, 0.1) is 11.3 Å². The summed E-state index contributed by atoms with van der Waals surface area (Å²) in [7, 11) is 0. The quantitative estimate of drug-likeness (QED) is 0.899. The van der Waals surface area contributed by atoms with Gasteiger partial charge in [0.1, 0.15) is 11.6 Å². The third-order valence-electron chi connectivity index (χ3n) is 2.82. The van der Waals surface area contributed by atoms with Crippen LogP contribution in [0.4, 0.5) is 0 Å². The van der Waals surface area contributed by atoms with Crippen molar-refractivity contribution in [3.05, 3.63) is 62.4 Å². The molecular formula is C14H13N3O2. The van der Waals surface area contributed by atoms with Crippen molar-refractivity contribution in [2.75, 3.05) is 0 Å². The van der Waals surface area contributed by atoms with Crippen molar-refractivity contribution in [1.82, 2.24) is 9.55 Å². The molecule has 0 atom stereocenters. The molecule has 5 heteroatoms. The number of nitrogens with one attached hydrogen (secondary N) is 1. The normalized spacial score (nSPS) is 10.1. The van der Waals surface area contributed by atoms with E-state index in [1.165, 1.54) is 16.3 Å². The Kier molecular flexibility index (Phi) is 3.62. The van der Waals surface area contributed by atoms with Crippen LogP contribution in [0.1, 0.15) is 24.5 Å². The first-order chi connectivity index (χ1) is 9.15. The molecule has 0 radical (unpaired) electrons. The van der Waals surface area contributed by atoms with Crippen LogP contribution in [0.3, 0.4) is 0 Å². The van der Waals surface area contributed by atoms with E-state index in [0.29, 0.717) is 5.69 Å². The standard InChI is InChI=1S/C14H13N3O2/c1-2-3-10-4-6-12(7-5-10)17-9-11(8-15)13(18)16-14(17)19/h4-7,9H,2-3H2,1H3,(H,16,18,19). The summed E-state index contributed by atoms with van der Waals surface area (Å²) in [6, 6.07) is 9.22. The fraction of sp³-hybridized carbons (Fsp3) is 0.214. The third-order valence-corrected chi connectivity index (χ3v) is 2.82. The fourth-order valence-corrected chi connectivity index (χ4v) is 1.85. The summed E-state index contributed by atoms with van der Waals surface area (Å²) in [5, 5.41) is 8.81. The molecule has 1 N–H and O–H groups in total. The SMILES string of the molecule is CCCc1ccc(-n2cc(C#N)c(=O)[nH]c2=O)cc1. The van der Waals surface area contributed by atoms with E-state index in [-0.39, 0.29) is 5.56 Å². The van der Waals surface area contributed by atoms with E-state index in [1.807, 2.05) is 12.1 Å². The number of nitriles is 1. The summed E-state index contributed by atoms with van der Waals surface area (Å²) in [4.78, 5) is 25.1. The van der Waals surface area contributed by atoms with Crippen molar-refractivity contribution in [2.45, 2.75) is 19.8 Å². The van der Waals surface area contributed by atoms with Crippen molar-refractivity contribution in [3.8, 4) is 11.8 Å². The maximum Gasteiger partial charge on any atom is 0.332 e. The first kappa shape index (κ1) is 12.8. The Balaban J connectivity index is 2.50. The topological polar surface area (TPSA) is 78.7 Å². The molecule has 0 amide bonds. The van der Waals surface area contributed by atoms with Gasteiger partial charge in [-0.15, -0.1) is 0 Å². The molecule has 0 aliphatic carbocycles. The number of hydrogen-bond donors (Lipinski definition) is 1. The van der Waals surface area contributed by atoms with Gasteiger partial charge in [0.05, 0.1) is 5.69 Å². The Morgan fingerprint density at radius 3 is 2.53 bits per heavy atom. The average molecular weight is 255 g/mol. The Morgan fingerprint density at radius 2 is 1.95 bits per heavy atom. The van der Waals surface area contributed by atoms with Crippen molar-refractivity contribution >= 4 is 0 Å². The molecule has 0 fully saturated rings. The van der Waals surface area contributed by atoms with Crippen LogP contribution in [0.15, 0.2) is 40.1 Å². The summed E-state index contributed by atoms with van der Waals surface area (Å²) in [6.45, 7) is 2.10. The van der Waals surface area contributed by atoms with E-state index in [1.54, 1.807) is 18.2 Å². The number of aromatic amines is 1. The molecule has 19 heavy (non-hydrogen) atoms. The number of benzene rings is 1. The van der Waals surface area contributed by atoms with Gasteiger partial charge in [0.2, 0.25) is 0 Å². The molecular weight excluding hydrogens is 242 g/mol. The molecule has 0 aliphatic rings. The Bertz CT molecular complexity index is 733.